The van der Waals surface area contributed by atoms with Crippen LogP contribution in [0.2, 0.25) is 0 Å². The van der Waals surface area contributed by atoms with Gasteiger partial charge in [-0.05, 0) is 0 Å². The Bertz CT molecular complexity index is 933. The number of aromatic nitrogens is 1. The summed E-state index contributed by atoms with van der Waals surface area (Å²) in [6.07, 6.45) is 6.85. The van der Waals surface area contributed by atoms with Gasteiger partial charge in [-0.1, -0.05) is 0 Å². The molecule has 1 aromatic heterocycles. The van der Waals surface area contributed by atoms with Gasteiger partial charge in [0.05, 0.1) is 0 Å². The molecule has 2 aromatic carbocycles. The Morgan fingerprint density at radius 2 is 1.79 bits per heavy atom. The number of carbonyl (C=O) groups is 2. The van der Waals surface area contributed by atoms with E-state index in [9.17, 15) is 9.59 Å². The van der Waals surface area contributed by atoms with Crippen molar-refractivity contribution in [1.82, 2.24) is 4.98 Å². The van der Waals surface area contributed by atoms with Crippen molar-refractivity contribution in [3.05, 3.63) is 78.1 Å². The number of allylic oxidation sites excluding steroid dienone is 1. The Morgan fingerprint density at radius 3 is 2.54 bits per heavy atom. The number of rotatable bonds is 5. The zero-order valence-corrected chi connectivity index (χ0v) is 14.7. The van der Waals surface area contributed by atoms with E-state index in [1.165, 1.54) is 12.1 Å². The topological polar surface area (TPSA) is 67.3 Å². The maximum atomic E-state index is 12.2. The Hall–Kier alpha value is -2.71. The van der Waals surface area contributed by atoms with E-state index in [1.807, 2.05) is 30.5 Å². The maximum absolute atomic E-state index is 12.2. The number of carboxylic acids is 1. The summed E-state index contributed by atoms with van der Waals surface area (Å²) in [5.41, 5.74) is 1.04. The molecular weight excluding hydrogens is 365 g/mol. The van der Waals surface area contributed by atoms with Gasteiger partial charge < -0.3 is 0 Å². The Morgan fingerprint density at radius 1 is 1.00 bits per heavy atom. The minimum absolute atomic E-state index is 0.116. The van der Waals surface area contributed by atoms with Crippen LogP contribution in [0.25, 0.3) is 16.8 Å². The van der Waals surface area contributed by atoms with Gasteiger partial charge in [0, 0.05) is 0 Å². The van der Waals surface area contributed by atoms with Crippen LogP contribution in [0.5, 0.6) is 0 Å². The Kier molecular flexibility index (Phi) is 4.87. The van der Waals surface area contributed by atoms with Crippen LogP contribution >= 0.6 is 0 Å². The third-order valence-corrected chi connectivity index (χ3v) is 5.62. The molecule has 0 amide bonds. The van der Waals surface area contributed by atoms with Crippen molar-refractivity contribution < 1.29 is 14.7 Å². The summed E-state index contributed by atoms with van der Waals surface area (Å²) >= 11 is -0.915. The summed E-state index contributed by atoms with van der Waals surface area (Å²) in [7, 11) is 0. The quantitative estimate of drug-likeness (QED) is 0.546. The second kappa shape index (κ2) is 7.24. The Balaban J connectivity index is 1.68. The minimum atomic E-state index is -0.959. The number of benzene rings is 2. The fourth-order valence-electron chi connectivity index (χ4n) is 2.25. The van der Waals surface area contributed by atoms with Crippen LogP contribution in [-0.2, 0) is 4.79 Å². The number of fused-ring (bicyclic) bond motifs is 1. The molecule has 0 aliphatic carbocycles. The molecule has 0 aliphatic heterocycles. The van der Waals surface area contributed by atoms with Crippen LogP contribution in [0.3, 0.4) is 0 Å². The third kappa shape index (κ3) is 3.97. The van der Waals surface area contributed by atoms with Crippen molar-refractivity contribution in [2.75, 3.05) is 0 Å². The standard InChI is InChI=1S/C19H14AsNO3/c22-18(8-3-13-1-4-14(5-2-13)19(23)24)20-17-7-6-16-12-21-10-9-15(16)11-17/h1-12,20H,(H,23,24)/b8-3+. The van der Waals surface area contributed by atoms with E-state index in [-0.39, 0.29) is 10.1 Å². The molecule has 24 heavy (non-hydrogen) atoms. The summed E-state index contributed by atoms with van der Waals surface area (Å²) in [5.74, 6) is -0.959. The van der Waals surface area contributed by atoms with E-state index < -0.39 is 21.7 Å². The molecule has 0 fully saturated rings. The summed E-state index contributed by atoms with van der Waals surface area (Å²) < 4.78 is 1.19. The van der Waals surface area contributed by atoms with Crippen molar-refractivity contribution in [1.29, 1.82) is 0 Å². The molecule has 0 saturated heterocycles. The SMILES string of the molecule is O=C(/C=C/c1ccc(C(=O)O)cc1)[AsH]c1ccc2cnccc2c1. The second-order valence-corrected chi connectivity index (χ2v) is 7.96. The summed E-state index contributed by atoms with van der Waals surface area (Å²) in [6.45, 7) is 0. The molecule has 0 spiro atoms. The predicted octanol–water partition coefficient (Wildman–Crippen LogP) is 2.23. The molecule has 118 valence electrons. The molecule has 1 N–H and O–H groups in total. The Labute approximate surface area is 145 Å². The van der Waals surface area contributed by atoms with E-state index >= 15 is 0 Å². The zero-order chi connectivity index (χ0) is 16.9. The van der Waals surface area contributed by atoms with Gasteiger partial charge >= 0.3 is 145 Å². The van der Waals surface area contributed by atoms with Crippen LogP contribution in [0, 0.1) is 0 Å². The average Bonchev–Trinajstić information content (AvgIpc) is 2.60. The van der Waals surface area contributed by atoms with E-state index in [0.29, 0.717) is 0 Å². The fraction of sp³-hybridized carbons (Fsp3) is 0. The van der Waals surface area contributed by atoms with Gasteiger partial charge in [0.25, 0.3) is 0 Å². The summed E-state index contributed by atoms with van der Waals surface area (Å²) in [5, 5.41) is 11.0. The number of carboxylic acid groups (broad SMARTS) is 1. The summed E-state index contributed by atoms with van der Waals surface area (Å²) in [6, 6.07) is 14.4. The first kappa shape index (κ1) is 16.2. The van der Waals surface area contributed by atoms with Crippen LogP contribution < -0.4 is 4.35 Å². The molecule has 4 nitrogen and oxygen atoms in total. The van der Waals surface area contributed by atoms with Gasteiger partial charge in [-0.25, -0.2) is 0 Å². The van der Waals surface area contributed by atoms with Gasteiger partial charge in [-0.15, -0.1) is 0 Å². The van der Waals surface area contributed by atoms with Gasteiger partial charge in [-0.2, -0.15) is 0 Å². The normalized spacial score (nSPS) is 11.5. The monoisotopic (exact) mass is 379 g/mol. The van der Waals surface area contributed by atoms with Crippen LogP contribution in [-0.4, -0.2) is 36.4 Å². The number of aromatic carboxylic acids is 1. The van der Waals surface area contributed by atoms with Crippen molar-refractivity contribution in [2.24, 2.45) is 0 Å². The van der Waals surface area contributed by atoms with Crippen molar-refractivity contribution in [2.45, 2.75) is 0 Å². The van der Waals surface area contributed by atoms with E-state index in [0.717, 1.165) is 20.7 Å². The number of nitrogens with zero attached hydrogens (tertiary/aromatic N) is 1. The molecule has 0 aliphatic rings. The number of hydrogen-bond donors (Lipinski definition) is 1. The number of hydrogen-bond acceptors (Lipinski definition) is 3. The molecule has 3 rings (SSSR count). The van der Waals surface area contributed by atoms with Gasteiger partial charge in [-0.3, -0.25) is 0 Å². The van der Waals surface area contributed by atoms with Crippen molar-refractivity contribution >= 4 is 47.5 Å². The predicted molar refractivity (Wildman–Crippen MR) is 96.0 cm³/mol. The van der Waals surface area contributed by atoms with E-state index in [2.05, 4.69) is 4.98 Å². The van der Waals surface area contributed by atoms with Crippen LogP contribution in [0.15, 0.2) is 67.0 Å². The van der Waals surface area contributed by atoms with E-state index in [4.69, 9.17) is 5.11 Å². The molecule has 1 heterocycles. The molecule has 1 unspecified atom stereocenters. The first-order chi connectivity index (χ1) is 11.6. The van der Waals surface area contributed by atoms with Gasteiger partial charge in [0.15, 0.2) is 0 Å². The molecule has 3 aromatic rings. The summed E-state index contributed by atoms with van der Waals surface area (Å²) in [4.78, 5) is 27.0. The fourth-order valence-corrected chi connectivity index (χ4v) is 4.03. The molecule has 0 saturated carbocycles. The molecule has 0 bridgehead atoms. The second-order valence-electron chi connectivity index (χ2n) is 5.19. The molecule has 1 atom stereocenters. The molecule has 0 radical (unpaired) electrons. The number of pyridine rings is 1. The van der Waals surface area contributed by atoms with Crippen molar-refractivity contribution in [3.63, 3.8) is 0 Å². The van der Waals surface area contributed by atoms with Crippen molar-refractivity contribution in [3.8, 4) is 0 Å². The van der Waals surface area contributed by atoms with Crippen LogP contribution in [0.1, 0.15) is 15.9 Å². The molecule has 5 heteroatoms. The number of carbonyl (C=O) groups excluding carboxylic acids is 1. The van der Waals surface area contributed by atoms with Crippen LogP contribution in [0.4, 0.5) is 0 Å². The average molecular weight is 379 g/mol. The third-order valence-electron chi connectivity index (χ3n) is 3.49. The first-order valence-electron chi connectivity index (χ1n) is 7.28. The van der Waals surface area contributed by atoms with E-state index in [1.54, 1.807) is 30.5 Å². The van der Waals surface area contributed by atoms with Gasteiger partial charge in [0.1, 0.15) is 0 Å². The molecular formula is C19H14AsNO3. The zero-order valence-electron chi connectivity index (χ0n) is 12.6. The first-order valence-corrected chi connectivity index (χ1v) is 9.38. The van der Waals surface area contributed by atoms with Gasteiger partial charge in [0.2, 0.25) is 0 Å².